The Labute approximate surface area is 112 Å². The number of amides is 1. The molecule has 2 aromatic rings. The van der Waals surface area contributed by atoms with Crippen molar-refractivity contribution in [2.24, 2.45) is 0 Å². The maximum Gasteiger partial charge on any atom is 0.337 e. The third kappa shape index (κ3) is 1.97. The molecule has 0 saturated heterocycles. The van der Waals surface area contributed by atoms with E-state index in [0.717, 1.165) is 0 Å². The monoisotopic (exact) mass is 272 g/mol. The van der Waals surface area contributed by atoms with E-state index in [-0.39, 0.29) is 11.5 Å². The number of fused-ring (bicyclic) bond motifs is 1. The number of hydrogen-bond acceptors (Lipinski definition) is 2. The summed E-state index contributed by atoms with van der Waals surface area (Å²) < 4.78 is 13.3. The van der Waals surface area contributed by atoms with Gasteiger partial charge in [0.1, 0.15) is 5.82 Å². The van der Waals surface area contributed by atoms with E-state index in [0.29, 0.717) is 22.5 Å². The van der Waals surface area contributed by atoms with Crippen molar-refractivity contribution in [2.45, 2.75) is 0 Å². The second-order valence-corrected chi connectivity index (χ2v) is 4.35. The van der Waals surface area contributed by atoms with Crippen LogP contribution in [0.1, 0.15) is 21.6 Å². The van der Waals surface area contributed by atoms with Crippen molar-refractivity contribution in [3.63, 3.8) is 0 Å². The number of aromatic carboxylic acids is 1. The molecule has 1 aliphatic heterocycles. The van der Waals surface area contributed by atoms with Crippen molar-refractivity contribution in [1.29, 1.82) is 0 Å². The molecule has 20 heavy (non-hydrogen) atoms. The fourth-order valence-corrected chi connectivity index (χ4v) is 2.08. The van der Waals surface area contributed by atoms with Crippen molar-refractivity contribution in [1.82, 2.24) is 4.98 Å². The highest BCUT2D eigenvalue weighted by Crippen LogP contribution is 2.33. The number of carbonyl (C=O) groups excluding carboxylic acids is 1. The summed E-state index contributed by atoms with van der Waals surface area (Å²) in [5.74, 6) is -1.85. The SMILES string of the molecule is O=C1Nc2ccc(F)cc2/C1=C/c1cc(C(=O)O)c[nH]1. The number of benzene rings is 1. The second kappa shape index (κ2) is 4.34. The predicted octanol–water partition coefficient (Wildman–Crippen LogP) is 2.34. The quantitative estimate of drug-likeness (QED) is 0.734. The molecule has 6 heteroatoms. The summed E-state index contributed by atoms with van der Waals surface area (Å²) in [6, 6.07) is 5.42. The van der Waals surface area contributed by atoms with Gasteiger partial charge in [0, 0.05) is 23.1 Å². The van der Waals surface area contributed by atoms with Gasteiger partial charge in [0.05, 0.1) is 11.1 Å². The van der Waals surface area contributed by atoms with Crippen LogP contribution >= 0.6 is 0 Å². The summed E-state index contributed by atoms with van der Waals surface area (Å²) in [5.41, 5.74) is 1.84. The van der Waals surface area contributed by atoms with Gasteiger partial charge >= 0.3 is 5.97 Å². The van der Waals surface area contributed by atoms with Crippen LogP contribution in [-0.4, -0.2) is 22.0 Å². The number of H-pyrrole nitrogens is 1. The van der Waals surface area contributed by atoms with E-state index < -0.39 is 11.8 Å². The standard InChI is InChI=1S/C14H9FN2O3/c15-8-1-2-12-10(4-8)11(13(18)17-12)5-9-3-7(6-16-9)14(19)20/h1-6,16H,(H,17,18)(H,19,20)/b11-5-. The van der Waals surface area contributed by atoms with E-state index in [2.05, 4.69) is 10.3 Å². The largest absolute Gasteiger partial charge is 0.478 e. The zero-order valence-electron chi connectivity index (χ0n) is 10.1. The molecule has 1 aromatic carbocycles. The van der Waals surface area contributed by atoms with Crippen molar-refractivity contribution in [3.05, 3.63) is 53.1 Å². The molecule has 3 N–H and O–H groups in total. The number of rotatable bonds is 2. The number of anilines is 1. The highest BCUT2D eigenvalue weighted by molar-refractivity contribution is 6.34. The molecule has 0 saturated carbocycles. The molecule has 0 unspecified atom stereocenters. The Kier molecular flexibility index (Phi) is 2.64. The Morgan fingerprint density at radius 2 is 2.10 bits per heavy atom. The van der Waals surface area contributed by atoms with Crippen LogP contribution < -0.4 is 5.32 Å². The molecular formula is C14H9FN2O3. The summed E-state index contributed by atoms with van der Waals surface area (Å²) in [6.45, 7) is 0. The van der Waals surface area contributed by atoms with Gasteiger partial charge in [-0.05, 0) is 30.3 Å². The van der Waals surface area contributed by atoms with Crippen molar-refractivity contribution in [3.8, 4) is 0 Å². The molecule has 2 heterocycles. The molecular weight excluding hydrogens is 263 g/mol. The Morgan fingerprint density at radius 1 is 1.30 bits per heavy atom. The van der Waals surface area contributed by atoms with Gasteiger partial charge < -0.3 is 15.4 Å². The van der Waals surface area contributed by atoms with Crippen molar-refractivity contribution >= 4 is 29.2 Å². The summed E-state index contributed by atoms with van der Waals surface area (Å²) in [7, 11) is 0. The van der Waals surface area contributed by atoms with Gasteiger partial charge in [-0.1, -0.05) is 0 Å². The normalized spacial score (nSPS) is 15.2. The lowest BCUT2D eigenvalue weighted by Gasteiger charge is -1.97. The molecule has 0 aliphatic carbocycles. The van der Waals surface area contributed by atoms with E-state index in [1.54, 1.807) is 0 Å². The Bertz CT molecular complexity index is 762. The highest BCUT2D eigenvalue weighted by atomic mass is 19.1. The van der Waals surface area contributed by atoms with Crippen LogP contribution in [0.4, 0.5) is 10.1 Å². The number of aromatic amines is 1. The molecule has 0 bridgehead atoms. The summed E-state index contributed by atoms with van der Waals surface area (Å²) in [5, 5.41) is 11.5. The van der Waals surface area contributed by atoms with Crippen LogP contribution in [0.15, 0.2) is 30.5 Å². The van der Waals surface area contributed by atoms with Crippen LogP contribution in [0.2, 0.25) is 0 Å². The maximum atomic E-state index is 13.3. The van der Waals surface area contributed by atoms with Gasteiger partial charge in [-0.25, -0.2) is 9.18 Å². The number of aromatic nitrogens is 1. The van der Waals surface area contributed by atoms with E-state index in [9.17, 15) is 14.0 Å². The molecule has 0 atom stereocenters. The average molecular weight is 272 g/mol. The third-order valence-corrected chi connectivity index (χ3v) is 3.02. The van der Waals surface area contributed by atoms with Crippen molar-refractivity contribution in [2.75, 3.05) is 5.32 Å². The molecule has 0 fully saturated rings. The summed E-state index contributed by atoms with van der Waals surface area (Å²) in [4.78, 5) is 25.4. The lowest BCUT2D eigenvalue weighted by atomic mass is 10.1. The molecule has 0 radical (unpaired) electrons. The first kappa shape index (κ1) is 12.2. The molecule has 1 aliphatic rings. The molecule has 0 spiro atoms. The van der Waals surface area contributed by atoms with Gasteiger partial charge in [-0.15, -0.1) is 0 Å². The molecule has 1 amide bonds. The minimum atomic E-state index is -1.06. The number of nitrogens with one attached hydrogen (secondary N) is 2. The number of halogens is 1. The highest BCUT2D eigenvalue weighted by Gasteiger charge is 2.24. The van der Waals surface area contributed by atoms with Gasteiger partial charge in [0.15, 0.2) is 0 Å². The lowest BCUT2D eigenvalue weighted by Crippen LogP contribution is -2.03. The van der Waals surface area contributed by atoms with Gasteiger partial charge in [-0.2, -0.15) is 0 Å². The summed E-state index contributed by atoms with van der Waals surface area (Å²) in [6.07, 6.45) is 2.82. The smallest absolute Gasteiger partial charge is 0.337 e. The number of carbonyl (C=O) groups is 2. The molecule has 100 valence electrons. The van der Waals surface area contributed by atoms with Gasteiger partial charge in [0.25, 0.3) is 5.91 Å². The summed E-state index contributed by atoms with van der Waals surface area (Å²) >= 11 is 0. The third-order valence-electron chi connectivity index (χ3n) is 3.02. The molecule has 1 aromatic heterocycles. The van der Waals surface area contributed by atoms with Crippen LogP contribution in [0.3, 0.4) is 0 Å². The van der Waals surface area contributed by atoms with Crippen molar-refractivity contribution < 1.29 is 19.1 Å². The fraction of sp³-hybridized carbons (Fsp3) is 0. The number of carboxylic acids is 1. The lowest BCUT2D eigenvalue weighted by molar-refractivity contribution is -0.110. The molecule has 3 rings (SSSR count). The first-order valence-corrected chi connectivity index (χ1v) is 5.79. The number of carboxylic acid groups (broad SMARTS) is 1. The first-order valence-electron chi connectivity index (χ1n) is 5.79. The maximum absolute atomic E-state index is 13.3. The minimum absolute atomic E-state index is 0.0923. The van der Waals surface area contributed by atoms with E-state index in [1.807, 2.05) is 0 Å². The Morgan fingerprint density at radius 3 is 2.80 bits per heavy atom. The Balaban J connectivity index is 2.05. The number of hydrogen-bond donors (Lipinski definition) is 3. The first-order chi connectivity index (χ1) is 9.54. The fourth-order valence-electron chi connectivity index (χ4n) is 2.08. The molecule has 5 nitrogen and oxygen atoms in total. The zero-order valence-corrected chi connectivity index (χ0v) is 10.1. The van der Waals surface area contributed by atoms with Gasteiger partial charge in [0.2, 0.25) is 0 Å². The predicted molar refractivity (Wildman–Crippen MR) is 70.7 cm³/mol. The van der Waals surface area contributed by atoms with Crippen LogP contribution in [0.5, 0.6) is 0 Å². The topological polar surface area (TPSA) is 82.2 Å². The minimum Gasteiger partial charge on any atom is -0.478 e. The van der Waals surface area contributed by atoms with Gasteiger partial charge in [-0.3, -0.25) is 4.79 Å². The zero-order chi connectivity index (χ0) is 14.3. The van der Waals surface area contributed by atoms with Crippen LogP contribution in [-0.2, 0) is 4.79 Å². The second-order valence-electron chi connectivity index (χ2n) is 4.35. The van der Waals surface area contributed by atoms with Crippen LogP contribution in [0, 0.1) is 5.82 Å². The van der Waals surface area contributed by atoms with E-state index in [4.69, 9.17) is 5.11 Å². The average Bonchev–Trinajstić information content (AvgIpc) is 2.97. The van der Waals surface area contributed by atoms with E-state index in [1.165, 1.54) is 36.5 Å². The van der Waals surface area contributed by atoms with E-state index >= 15 is 0 Å². The van der Waals surface area contributed by atoms with Crippen LogP contribution in [0.25, 0.3) is 11.6 Å². The Hall–Kier alpha value is -2.89.